The largest absolute Gasteiger partial charge is 0.477 e. The van der Waals surface area contributed by atoms with Crippen LogP contribution in [0.4, 0.5) is 0 Å². The van der Waals surface area contributed by atoms with Gasteiger partial charge >= 0.3 is 5.97 Å². The molecule has 146 valence electrons. The average Bonchev–Trinajstić information content (AvgIpc) is 2.55. The van der Waals surface area contributed by atoms with E-state index in [-0.39, 0.29) is 18.1 Å². The van der Waals surface area contributed by atoms with E-state index in [1.165, 1.54) is 11.8 Å². The predicted octanol–water partition coefficient (Wildman–Crippen LogP) is -1.80. The van der Waals surface area contributed by atoms with Gasteiger partial charge in [-0.05, 0) is 6.26 Å². The number of carbonyl (C=O) groups is 2. The van der Waals surface area contributed by atoms with Gasteiger partial charge in [-0.25, -0.2) is 4.79 Å². The Bertz CT molecular complexity index is 474. The Morgan fingerprint density at radius 2 is 1.96 bits per heavy atom. The Morgan fingerprint density at radius 3 is 2.44 bits per heavy atom. The molecule has 1 heterocycles. The second-order valence-corrected chi connectivity index (χ2v) is 7.29. The first kappa shape index (κ1) is 22.3. The van der Waals surface area contributed by atoms with Gasteiger partial charge in [0.2, 0.25) is 0 Å². The van der Waals surface area contributed by atoms with Crippen LogP contribution in [0.2, 0.25) is 0 Å². The van der Waals surface area contributed by atoms with Crippen molar-refractivity contribution >= 4 is 23.5 Å². The minimum absolute atomic E-state index is 0.224. The number of aliphatic hydroxyl groups is 5. The number of thioether (sulfide) groups is 1. The van der Waals surface area contributed by atoms with Crippen LogP contribution in [0.3, 0.4) is 0 Å². The molecule has 0 radical (unpaired) electrons. The van der Waals surface area contributed by atoms with Crippen molar-refractivity contribution in [2.75, 3.05) is 18.6 Å². The zero-order valence-corrected chi connectivity index (χ0v) is 14.9. The first-order valence-electron chi connectivity index (χ1n) is 7.87. The van der Waals surface area contributed by atoms with Crippen molar-refractivity contribution in [1.29, 1.82) is 0 Å². The number of carboxylic acids is 1. The molecule has 25 heavy (non-hydrogen) atoms. The van der Waals surface area contributed by atoms with Crippen LogP contribution in [-0.2, 0) is 14.3 Å². The van der Waals surface area contributed by atoms with Crippen molar-refractivity contribution in [2.24, 2.45) is 11.8 Å². The molecule has 0 spiro atoms. The number of Topliss-reactive ketones (excluding diaryl/α,β-unsaturated/α-hetero) is 1. The zero-order chi connectivity index (χ0) is 19.4. The topological polar surface area (TPSA) is 165 Å². The summed E-state index contributed by atoms with van der Waals surface area (Å²) in [7, 11) is 0. The fourth-order valence-electron chi connectivity index (χ4n) is 2.83. The fraction of sp³-hybridized carbons (Fsp3) is 0.867. The maximum Gasteiger partial charge on any atom is 0.364 e. The zero-order valence-electron chi connectivity index (χ0n) is 14.1. The highest BCUT2D eigenvalue weighted by Crippen LogP contribution is 2.36. The highest BCUT2D eigenvalue weighted by Gasteiger charge is 2.53. The van der Waals surface area contributed by atoms with Crippen molar-refractivity contribution in [3.05, 3.63) is 0 Å². The third-order valence-corrected chi connectivity index (χ3v) is 5.22. The third-order valence-electron chi connectivity index (χ3n) is 4.39. The van der Waals surface area contributed by atoms with E-state index in [9.17, 15) is 30.0 Å². The molecule has 10 heteroatoms. The minimum atomic E-state index is -2.76. The van der Waals surface area contributed by atoms with Gasteiger partial charge < -0.3 is 35.4 Å². The minimum Gasteiger partial charge on any atom is -0.477 e. The van der Waals surface area contributed by atoms with Crippen LogP contribution in [0.5, 0.6) is 0 Å². The average molecular weight is 382 g/mol. The van der Waals surface area contributed by atoms with Crippen LogP contribution < -0.4 is 0 Å². The van der Waals surface area contributed by atoms with E-state index < -0.39 is 55.1 Å². The molecule has 7 unspecified atom stereocenters. The van der Waals surface area contributed by atoms with Gasteiger partial charge in [0.05, 0.1) is 18.8 Å². The van der Waals surface area contributed by atoms with E-state index >= 15 is 0 Å². The van der Waals surface area contributed by atoms with Crippen LogP contribution in [0, 0.1) is 11.8 Å². The number of aliphatic carboxylic acids is 1. The third kappa shape index (κ3) is 5.36. The number of aliphatic hydroxyl groups excluding tert-OH is 4. The Hall–Kier alpha value is -0.750. The molecular formula is C15H26O9S. The van der Waals surface area contributed by atoms with Crippen LogP contribution in [0.15, 0.2) is 0 Å². The van der Waals surface area contributed by atoms with Crippen molar-refractivity contribution in [1.82, 2.24) is 0 Å². The van der Waals surface area contributed by atoms with Gasteiger partial charge in [-0.3, -0.25) is 4.79 Å². The molecule has 7 atom stereocenters. The quantitative estimate of drug-likeness (QED) is 0.268. The number of carbonyl (C=O) groups excluding carboxylic acids is 1. The van der Waals surface area contributed by atoms with Crippen molar-refractivity contribution in [3.8, 4) is 0 Å². The number of rotatable bonds is 9. The molecule has 1 rings (SSSR count). The van der Waals surface area contributed by atoms with Crippen molar-refractivity contribution in [3.63, 3.8) is 0 Å². The molecule has 1 aliphatic heterocycles. The van der Waals surface area contributed by atoms with Gasteiger partial charge in [-0.2, -0.15) is 11.8 Å². The molecule has 1 fully saturated rings. The van der Waals surface area contributed by atoms with E-state index in [4.69, 9.17) is 14.9 Å². The van der Waals surface area contributed by atoms with E-state index in [1.807, 2.05) is 6.26 Å². The number of carboxylic acid groups (broad SMARTS) is 1. The lowest BCUT2D eigenvalue weighted by atomic mass is 9.79. The summed E-state index contributed by atoms with van der Waals surface area (Å²) in [6, 6.07) is 0. The maximum absolute atomic E-state index is 12.3. The molecule has 0 aromatic heterocycles. The lowest BCUT2D eigenvalue weighted by Crippen LogP contribution is -2.61. The highest BCUT2D eigenvalue weighted by atomic mass is 32.2. The maximum atomic E-state index is 12.3. The monoisotopic (exact) mass is 382 g/mol. The molecule has 6 N–H and O–H groups in total. The summed E-state index contributed by atoms with van der Waals surface area (Å²) in [6.07, 6.45) is -5.55. The number of ketones is 1. The first-order chi connectivity index (χ1) is 11.6. The van der Waals surface area contributed by atoms with Crippen LogP contribution in [0.1, 0.15) is 19.8 Å². The summed E-state index contributed by atoms with van der Waals surface area (Å²) < 4.78 is 5.06. The number of ether oxygens (including phenoxy) is 1. The standard InChI is InChI=1S/C15H26O9S/c1-7(6-25-2)9(17)3-8-10(18)4-15(23,14(21)22)24-13(8)12(20)11(19)5-16/h7-8,10-13,16,18-20,23H,3-6H2,1-2H3,(H,21,22). The second kappa shape index (κ2) is 9.26. The van der Waals surface area contributed by atoms with Crippen LogP contribution in [0.25, 0.3) is 0 Å². The molecular weight excluding hydrogens is 356 g/mol. The Morgan fingerprint density at radius 1 is 1.36 bits per heavy atom. The second-order valence-electron chi connectivity index (χ2n) is 6.37. The van der Waals surface area contributed by atoms with E-state index in [0.717, 1.165) is 0 Å². The van der Waals surface area contributed by atoms with E-state index in [0.29, 0.717) is 5.75 Å². The fourth-order valence-corrected chi connectivity index (χ4v) is 3.52. The van der Waals surface area contributed by atoms with Gasteiger partial charge in [0.1, 0.15) is 18.0 Å². The normalized spacial score (nSPS) is 33.5. The molecule has 0 amide bonds. The van der Waals surface area contributed by atoms with Gasteiger partial charge in [0.15, 0.2) is 0 Å². The van der Waals surface area contributed by atoms with Gasteiger partial charge in [-0.1, -0.05) is 6.92 Å². The SMILES string of the molecule is CSCC(C)C(=O)CC1C(O)CC(O)(C(=O)O)OC1C(O)C(O)CO. The number of hydrogen-bond acceptors (Lipinski definition) is 9. The summed E-state index contributed by atoms with van der Waals surface area (Å²) in [5, 5.41) is 58.1. The summed E-state index contributed by atoms with van der Waals surface area (Å²) in [5.74, 6) is -5.56. The van der Waals surface area contributed by atoms with Gasteiger partial charge in [0, 0.05) is 30.4 Å². The lowest BCUT2D eigenvalue weighted by Gasteiger charge is -2.44. The Labute approximate surface area is 149 Å². The first-order valence-corrected chi connectivity index (χ1v) is 9.27. The van der Waals surface area contributed by atoms with Gasteiger partial charge in [0.25, 0.3) is 5.79 Å². The molecule has 0 saturated carbocycles. The lowest BCUT2D eigenvalue weighted by molar-refractivity contribution is -0.304. The van der Waals surface area contributed by atoms with E-state index in [1.54, 1.807) is 6.92 Å². The van der Waals surface area contributed by atoms with Gasteiger partial charge in [-0.15, -0.1) is 0 Å². The molecule has 1 saturated heterocycles. The Kier molecular flexibility index (Phi) is 8.26. The van der Waals surface area contributed by atoms with Crippen LogP contribution >= 0.6 is 11.8 Å². The van der Waals surface area contributed by atoms with Crippen LogP contribution in [-0.4, -0.2) is 91.2 Å². The molecule has 0 aromatic rings. The summed E-state index contributed by atoms with van der Waals surface area (Å²) in [5.41, 5.74) is 0. The van der Waals surface area contributed by atoms with E-state index in [2.05, 4.69) is 0 Å². The van der Waals surface area contributed by atoms with Crippen molar-refractivity contribution in [2.45, 2.75) is 50.0 Å². The smallest absolute Gasteiger partial charge is 0.364 e. The molecule has 9 nitrogen and oxygen atoms in total. The molecule has 0 aromatic carbocycles. The van der Waals surface area contributed by atoms with Crippen molar-refractivity contribution < 1.29 is 45.0 Å². The Balaban J connectivity index is 3.06. The number of hydrogen-bond donors (Lipinski definition) is 6. The molecule has 1 aliphatic rings. The predicted molar refractivity (Wildman–Crippen MR) is 87.8 cm³/mol. The summed E-state index contributed by atoms with van der Waals surface area (Å²) in [6.45, 7) is 0.864. The molecule has 0 aliphatic carbocycles. The highest BCUT2D eigenvalue weighted by molar-refractivity contribution is 7.98. The molecule has 0 bridgehead atoms. The summed E-state index contributed by atoms with van der Waals surface area (Å²) >= 11 is 1.47. The summed E-state index contributed by atoms with van der Waals surface area (Å²) in [4.78, 5) is 23.5.